The van der Waals surface area contributed by atoms with Crippen LogP contribution in [0.3, 0.4) is 0 Å². The summed E-state index contributed by atoms with van der Waals surface area (Å²) in [6.45, 7) is 3.41. The van der Waals surface area contributed by atoms with Gasteiger partial charge in [-0.2, -0.15) is 26.3 Å². The Bertz CT molecular complexity index is 2110. The fourth-order valence-electron chi connectivity index (χ4n) is 7.47. The number of carbonyl (C=O) groups excluding carboxylic acids is 1. The van der Waals surface area contributed by atoms with Crippen molar-refractivity contribution in [1.82, 2.24) is 20.1 Å². The van der Waals surface area contributed by atoms with Crippen LogP contribution in [0.2, 0.25) is 0 Å². The highest BCUT2D eigenvalue weighted by Gasteiger charge is 2.43. The van der Waals surface area contributed by atoms with Gasteiger partial charge in [0.05, 0.1) is 35.2 Å². The number of benzene rings is 3. The Morgan fingerprint density at radius 1 is 0.927 bits per heavy atom. The minimum absolute atomic E-state index is 0.0278. The molecule has 55 heavy (non-hydrogen) atoms. The number of sulfone groups is 1. The molecule has 6 rings (SSSR count). The Balaban J connectivity index is 1.55. The van der Waals surface area contributed by atoms with Crippen LogP contribution in [0.5, 0.6) is 5.75 Å². The van der Waals surface area contributed by atoms with Gasteiger partial charge in [0.15, 0.2) is 15.9 Å². The second-order valence-electron chi connectivity index (χ2n) is 13.9. The number of nitrogens with zero attached hydrogens (tertiary/aromatic N) is 3. The van der Waals surface area contributed by atoms with Crippen LogP contribution in [0.1, 0.15) is 65.7 Å². The topological polar surface area (TPSA) is 91.8 Å². The fourth-order valence-corrected chi connectivity index (χ4v) is 8.52. The molecule has 2 aliphatic rings. The molecule has 0 spiro atoms. The largest absolute Gasteiger partial charge is 0.495 e. The number of piperidine rings is 2. The van der Waals surface area contributed by atoms with Crippen molar-refractivity contribution in [2.24, 2.45) is 0 Å². The zero-order chi connectivity index (χ0) is 39.7. The molecule has 1 atom stereocenters. The molecule has 2 saturated heterocycles. The molecule has 0 radical (unpaired) electrons. The van der Waals surface area contributed by atoms with E-state index in [-0.39, 0.29) is 67.8 Å². The molecule has 2 fully saturated rings. The van der Waals surface area contributed by atoms with Crippen molar-refractivity contribution < 1.29 is 48.7 Å². The number of hydrogen-bond donors (Lipinski definition) is 1. The molecule has 1 amide bonds. The summed E-state index contributed by atoms with van der Waals surface area (Å²) in [5, 5.41) is 2.00. The highest BCUT2D eigenvalue weighted by Crippen LogP contribution is 2.40. The summed E-state index contributed by atoms with van der Waals surface area (Å²) in [5.74, 6) is -1.76. The van der Waals surface area contributed by atoms with Crippen molar-refractivity contribution in [3.63, 3.8) is 0 Å². The van der Waals surface area contributed by atoms with Gasteiger partial charge < -0.3 is 15.0 Å². The first-order valence-corrected chi connectivity index (χ1v) is 19.6. The van der Waals surface area contributed by atoms with Gasteiger partial charge in [0.25, 0.3) is 5.91 Å². The van der Waals surface area contributed by atoms with Crippen LogP contribution in [0.4, 0.5) is 30.7 Å². The third kappa shape index (κ3) is 8.91. The van der Waals surface area contributed by atoms with Gasteiger partial charge in [-0.3, -0.25) is 9.69 Å². The number of fused-ring (bicyclic) bond motifs is 1. The number of alkyl halides is 7. The third-order valence-corrected chi connectivity index (χ3v) is 12.2. The van der Waals surface area contributed by atoms with Crippen LogP contribution in [-0.2, 0) is 22.6 Å². The molecule has 1 unspecified atom stereocenters. The highest BCUT2D eigenvalue weighted by atomic mass is 32.2. The summed E-state index contributed by atoms with van der Waals surface area (Å²) in [6, 6.07) is 11.0. The van der Waals surface area contributed by atoms with Crippen LogP contribution in [0.15, 0.2) is 71.6 Å². The number of pyridine rings is 1. The lowest BCUT2D eigenvalue weighted by atomic mass is 9.93. The summed E-state index contributed by atoms with van der Waals surface area (Å²) < 4.78 is 132. The second-order valence-corrected chi connectivity index (χ2v) is 16.1. The summed E-state index contributed by atoms with van der Waals surface area (Å²) in [5.41, 5.74) is -1.82. The lowest BCUT2D eigenvalue weighted by molar-refractivity contribution is -0.155. The molecule has 0 aliphatic carbocycles. The summed E-state index contributed by atoms with van der Waals surface area (Å²) in [4.78, 5) is 23.1. The summed E-state index contributed by atoms with van der Waals surface area (Å²) in [7, 11) is -2.83. The normalized spacial score (nSPS) is 17.7. The summed E-state index contributed by atoms with van der Waals surface area (Å²) in [6.07, 6.45) is -8.40. The first kappa shape index (κ1) is 40.4. The van der Waals surface area contributed by atoms with Crippen LogP contribution < -0.4 is 10.1 Å². The highest BCUT2D eigenvalue weighted by molar-refractivity contribution is 7.91. The van der Waals surface area contributed by atoms with Crippen molar-refractivity contribution in [3.05, 3.63) is 89.0 Å². The van der Waals surface area contributed by atoms with Crippen LogP contribution in [0, 0.1) is 0 Å². The molecular weight excluding hydrogens is 754 g/mol. The average Bonchev–Trinajstić information content (AvgIpc) is 3.16. The third-order valence-electron chi connectivity index (χ3n) is 10.4. The van der Waals surface area contributed by atoms with E-state index in [9.17, 15) is 43.9 Å². The molecule has 2 aliphatic heterocycles. The zero-order valence-electron chi connectivity index (χ0n) is 30.2. The molecule has 1 aromatic heterocycles. The van der Waals surface area contributed by atoms with E-state index in [1.165, 1.54) is 62.6 Å². The average molecular weight is 795 g/mol. The Labute approximate surface area is 314 Å². The Morgan fingerprint density at radius 2 is 1.60 bits per heavy atom. The predicted octanol–water partition coefficient (Wildman–Crippen LogP) is 8.15. The number of ether oxygens (including phenoxy) is 1. The summed E-state index contributed by atoms with van der Waals surface area (Å²) >= 11 is 0. The van der Waals surface area contributed by atoms with Gasteiger partial charge in [0.1, 0.15) is 16.8 Å². The number of nitrogens with one attached hydrogen (secondary N) is 1. The van der Waals surface area contributed by atoms with Gasteiger partial charge >= 0.3 is 12.4 Å². The van der Waals surface area contributed by atoms with Gasteiger partial charge in [0, 0.05) is 48.3 Å². The van der Waals surface area contributed by atoms with E-state index >= 15 is 0 Å². The number of aromatic nitrogens is 1. The van der Waals surface area contributed by atoms with Gasteiger partial charge in [-0.1, -0.05) is 49.4 Å². The van der Waals surface area contributed by atoms with Crippen molar-refractivity contribution in [3.8, 4) is 17.0 Å². The monoisotopic (exact) mass is 794 g/mol. The van der Waals surface area contributed by atoms with Crippen molar-refractivity contribution in [2.75, 3.05) is 39.0 Å². The van der Waals surface area contributed by atoms with Gasteiger partial charge in [0.2, 0.25) is 0 Å². The van der Waals surface area contributed by atoms with E-state index in [2.05, 4.69) is 10.2 Å². The Morgan fingerprint density at radius 3 is 2.20 bits per heavy atom. The quantitative estimate of drug-likeness (QED) is 0.162. The van der Waals surface area contributed by atoms with E-state index in [1.807, 2.05) is 4.90 Å². The van der Waals surface area contributed by atoms with E-state index in [4.69, 9.17) is 9.72 Å². The van der Waals surface area contributed by atoms with Crippen LogP contribution >= 0.6 is 0 Å². The van der Waals surface area contributed by atoms with E-state index in [0.29, 0.717) is 51.9 Å². The minimum atomic E-state index is -4.97. The van der Waals surface area contributed by atoms with Gasteiger partial charge in [-0.15, -0.1) is 0 Å². The molecule has 16 heteroatoms. The number of halogens is 7. The molecule has 296 valence electrons. The fraction of sp³-hybridized carbons (Fsp3) is 0.436. The lowest BCUT2D eigenvalue weighted by Gasteiger charge is -2.41. The number of carbonyl (C=O) groups is 1. The zero-order valence-corrected chi connectivity index (χ0v) is 31.0. The maximum absolute atomic E-state index is 14.7. The number of amides is 1. The molecule has 4 aromatic rings. The first-order valence-electron chi connectivity index (χ1n) is 18.0. The molecule has 0 saturated carbocycles. The molecule has 1 N–H and O–H groups in total. The van der Waals surface area contributed by atoms with Crippen LogP contribution in [-0.4, -0.2) is 86.5 Å². The molecule has 3 heterocycles. The number of rotatable bonds is 10. The molecule has 0 bridgehead atoms. The number of methoxy groups -OCH3 is 1. The molecular formula is C39H41F7N4O4S. The maximum Gasteiger partial charge on any atom is 0.416 e. The molecule has 3 aromatic carbocycles. The van der Waals surface area contributed by atoms with E-state index < -0.39 is 45.9 Å². The molecule has 8 nitrogen and oxygen atoms in total. The van der Waals surface area contributed by atoms with Crippen molar-refractivity contribution in [2.45, 2.75) is 74.7 Å². The SMILES string of the molecule is CCS(=O)(=O)c1cc2c(C(=O)NC(c3ccccc3)C(F)(F)F)c(CN3CCC(N4CCC(F)CC4)CC3)c(-c3cccc(C(F)(F)F)c3)nc2cc1OC. The Kier molecular flexibility index (Phi) is 11.8. The van der Waals surface area contributed by atoms with Crippen LogP contribution in [0.25, 0.3) is 22.2 Å². The lowest BCUT2D eigenvalue weighted by Crippen LogP contribution is -2.48. The number of hydrogen-bond acceptors (Lipinski definition) is 7. The minimum Gasteiger partial charge on any atom is -0.495 e. The number of likely N-dealkylation sites (tertiary alicyclic amines) is 2. The van der Waals surface area contributed by atoms with Gasteiger partial charge in [-0.05, 0) is 62.5 Å². The second kappa shape index (κ2) is 16.1. The Hall–Kier alpha value is -4.28. The first-order chi connectivity index (χ1) is 26.0. The maximum atomic E-state index is 14.7. The standard InChI is InChI=1S/C39H41F7N4O4S/c1-3-55(52,53)33-21-29-31(22-32(33)54-2)47-35(25-10-7-11-26(20-25)38(41,42)43)30(23-49-16-14-28(15-17-49)50-18-12-27(40)13-19-50)34(29)37(51)48-36(39(44,45)46)24-8-5-4-6-9-24/h4-11,20-22,27-28,36H,3,12-19,23H2,1-2H3,(H,48,51). The van der Waals surface area contributed by atoms with Crippen molar-refractivity contribution in [1.29, 1.82) is 0 Å². The van der Waals surface area contributed by atoms with Gasteiger partial charge in [-0.25, -0.2) is 17.8 Å². The predicted molar refractivity (Wildman–Crippen MR) is 193 cm³/mol. The smallest absolute Gasteiger partial charge is 0.416 e. The van der Waals surface area contributed by atoms with E-state index in [0.717, 1.165) is 18.2 Å². The van der Waals surface area contributed by atoms with E-state index in [1.54, 1.807) is 0 Å². The van der Waals surface area contributed by atoms with Crippen molar-refractivity contribution >= 4 is 26.6 Å².